The predicted molar refractivity (Wildman–Crippen MR) is 88.2 cm³/mol. The van der Waals surface area contributed by atoms with Gasteiger partial charge >= 0.3 is 0 Å². The molecule has 1 fully saturated rings. The summed E-state index contributed by atoms with van der Waals surface area (Å²) in [7, 11) is 1.81. The van der Waals surface area contributed by atoms with E-state index >= 15 is 0 Å². The molecule has 1 saturated carbocycles. The van der Waals surface area contributed by atoms with Gasteiger partial charge in [0.15, 0.2) is 0 Å². The first-order chi connectivity index (χ1) is 11.5. The SMILES string of the molecule is CN(Cc1cccc(F)c1)[C@@H](C(=O)NC1CC1)c1ccc(F)cc1. The van der Waals surface area contributed by atoms with Crippen LogP contribution in [0.3, 0.4) is 0 Å². The van der Waals surface area contributed by atoms with Crippen LogP contribution in [0.15, 0.2) is 48.5 Å². The van der Waals surface area contributed by atoms with Gasteiger partial charge in [-0.25, -0.2) is 8.78 Å². The summed E-state index contributed by atoms with van der Waals surface area (Å²) in [4.78, 5) is 14.5. The van der Waals surface area contributed by atoms with Gasteiger partial charge in [-0.05, 0) is 55.3 Å². The van der Waals surface area contributed by atoms with Gasteiger partial charge in [-0.1, -0.05) is 24.3 Å². The van der Waals surface area contributed by atoms with Crippen LogP contribution >= 0.6 is 0 Å². The maximum Gasteiger partial charge on any atom is 0.242 e. The van der Waals surface area contributed by atoms with Crippen molar-refractivity contribution in [2.45, 2.75) is 31.5 Å². The van der Waals surface area contributed by atoms with Crippen molar-refractivity contribution in [2.75, 3.05) is 7.05 Å². The first-order valence-electron chi connectivity index (χ1n) is 8.03. The number of halogens is 2. The lowest BCUT2D eigenvalue weighted by Crippen LogP contribution is -2.39. The lowest BCUT2D eigenvalue weighted by Gasteiger charge is -2.27. The Morgan fingerprint density at radius 1 is 1.17 bits per heavy atom. The largest absolute Gasteiger partial charge is 0.352 e. The molecule has 24 heavy (non-hydrogen) atoms. The number of likely N-dealkylation sites (N-methyl/N-ethyl adjacent to an activating group) is 1. The Labute approximate surface area is 140 Å². The fraction of sp³-hybridized carbons (Fsp3) is 0.316. The van der Waals surface area contributed by atoms with Gasteiger partial charge in [0.05, 0.1) is 0 Å². The highest BCUT2D eigenvalue weighted by molar-refractivity contribution is 5.83. The van der Waals surface area contributed by atoms with Crippen LogP contribution in [-0.2, 0) is 11.3 Å². The lowest BCUT2D eigenvalue weighted by atomic mass is 10.0. The van der Waals surface area contributed by atoms with Crippen LogP contribution < -0.4 is 5.32 Å². The molecule has 0 aliphatic heterocycles. The van der Waals surface area contributed by atoms with Crippen molar-refractivity contribution >= 4 is 5.91 Å². The summed E-state index contributed by atoms with van der Waals surface area (Å²) < 4.78 is 26.6. The standard InChI is InChI=1S/C19H20F2N2O/c1-23(12-13-3-2-4-16(21)11-13)18(19(24)22-17-9-10-17)14-5-7-15(20)8-6-14/h2-8,11,17-18H,9-10,12H2,1H3,(H,22,24)/t18-/m1/s1. The molecule has 2 aromatic carbocycles. The van der Waals surface area contributed by atoms with Gasteiger partial charge in [-0.3, -0.25) is 9.69 Å². The molecule has 1 N–H and O–H groups in total. The molecule has 3 nitrogen and oxygen atoms in total. The molecular formula is C19H20F2N2O. The molecular weight excluding hydrogens is 310 g/mol. The van der Waals surface area contributed by atoms with E-state index in [4.69, 9.17) is 0 Å². The van der Waals surface area contributed by atoms with Crippen LogP contribution in [0, 0.1) is 11.6 Å². The average Bonchev–Trinajstić information content (AvgIpc) is 3.33. The fourth-order valence-electron chi connectivity index (χ4n) is 2.77. The van der Waals surface area contributed by atoms with Crippen molar-refractivity contribution in [1.29, 1.82) is 0 Å². The third-order valence-electron chi connectivity index (χ3n) is 4.12. The van der Waals surface area contributed by atoms with Crippen LogP contribution in [0.5, 0.6) is 0 Å². The van der Waals surface area contributed by atoms with Gasteiger partial charge in [0, 0.05) is 12.6 Å². The summed E-state index contributed by atoms with van der Waals surface area (Å²) in [5, 5.41) is 3.00. The minimum atomic E-state index is -0.547. The molecule has 1 aliphatic rings. The first kappa shape index (κ1) is 16.6. The monoisotopic (exact) mass is 330 g/mol. The van der Waals surface area contributed by atoms with Gasteiger partial charge < -0.3 is 5.32 Å². The van der Waals surface area contributed by atoms with Crippen molar-refractivity contribution < 1.29 is 13.6 Å². The Bertz CT molecular complexity index is 714. The third-order valence-corrected chi connectivity index (χ3v) is 4.12. The molecule has 3 rings (SSSR count). The Hall–Kier alpha value is -2.27. The second-order valence-corrected chi connectivity index (χ2v) is 6.28. The number of benzene rings is 2. The van der Waals surface area contributed by atoms with Gasteiger partial charge in [0.2, 0.25) is 5.91 Å². The third kappa shape index (κ3) is 4.17. The number of rotatable bonds is 6. The number of hydrogen-bond acceptors (Lipinski definition) is 2. The summed E-state index contributed by atoms with van der Waals surface area (Å²) in [5.74, 6) is -0.752. The van der Waals surface area contributed by atoms with Crippen LogP contribution in [0.25, 0.3) is 0 Å². The van der Waals surface area contributed by atoms with E-state index in [2.05, 4.69) is 5.32 Å². The summed E-state index contributed by atoms with van der Waals surface area (Å²) in [5.41, 5.74) is 1.50. The Morgan fingerprint density at radius 2 is 1.88 bits per heavy atom. The van der Waals surface area contributed by atoms with Crippen molar-refractivity contribution in [3.63, 3.8) is 0 Å². The van der Waals surface area contributed by atoms with E-state index in [1.807, 2.05) is 18.0 Å². The minimum absolute atomic E-state index is 0.108. The number of nitrogens with zero attached hydrogens (tertiary/aromatic N) is 1. The molecule has 0 unspecified atom stereocenters. The average molecular weight is 330 g/mol. The van der Waals surface area contributed by atoms with E-state index in [1.54, 1.807) is 18.2 Å². The summed E-state index contributed by atoms with van der Waals surface area (Å²) in [6.07, 6.45) is 1.99. The predicted octanol–water partition coefficient (Wildman–Crippen LogP) is 3.42. The summed E-state index contributed by atoms with van der Waals surface area (Å²) >= 11 is 0. The van der Waals surface area contributed by atoms with E-state index in [0.717, 1.165) is 18.4 Å². The minimum Gasteiger partial charge on any atom is -0.352 e. The fourth-order valence-corrected chi connectivity index (χ4v) is 2.77. The number of carbonyl (C=O) groups is 1. The van der Waals surface area contributed by atoms with Crippen LogP contribution in [0.2, 0.25) is 0 Å². The molecule has 1 atom stereocenters. The molecule has 0 spiro atoms. The summed E-state index contributed by atoms with van der Waals surface area (Å²) in [6.45, 7) is 0.415. The Morgan fingerprint density at radius 3 is 2.50 bits per heavy atom. The van der Waals surface area contributed by atoms with Gasteiger partial charge in [0.25, 0.3) is 0 Å². The molecule has 0 heterocycles. The number of carbonyl (C=O) groups excluding carboxylic acids is 1. The number of amides is 1. The van der Waals surface area contributed by atoms with E-state index in [9.17, 15) is 13.6 Å². The highest BCUT2D eigenvalue weighted by Gasteiger charge is 2.30. The highest BCUT2D eigenvalue weighted by atomic mass is 19.1. The molecule has 2 aromatic rings. The van der Waals surface area contributed by atoms with Crippen molar-refractivity contribution in [3.8, 4) is 0 Å². The van der Waals surface area contributed by atoms with Crippen LogP contribution in [-0.4, -0.2) is 23.9 Å². The van der Waals surface area contributed by atoms with E-state index in [-0.39, 0.29) is 23.6 Å². The topological polar surface area (TPSA) is 32.3 Å². The zero-order valence-corrected chi connectivity index (χ0v) is 13.5. The Balaban J connectivity index is 1.82. The molecule has 1 amide bonds. The molecule has 0 radical (unpaired) electrons. The maximum atomic E-state index is 13.4. The second-order valence-electron chi connectivity index (χ2n) is 6.28. The Kier molecular flexibility index (Phi) is 4.90. The zero-order chi connectivity index (χ0) is 17.1. The van der Waals surface area contributed by atoms with Crippen LogP contribution in [0.4, 0.5) is 8.78 Å². The second kappa shape index (κ2) is 7.09. The summed E-state index contributed by atoms with van der Waals surface area (Å²) in [6, 6.07) is 11.9. The van der Waals surface area contributed by atoms with E-state index < -0.39 is 6.04 Å². The maximum absolute atomic E-state index is 13.4. The quantitative estimate of drug-likeness (QED) is 0.880. The highest BCUT2D eigenvalue weighted by Crippen LogP contribution is 2.25. The van der Waals surface area contributed by atoms with Crippen molar-refractivity contribution in [3.05, 3.63) is 71.3 Å². The molecule has 0 aromatic heterocycles. The number of hydrogen-bond donors (Lipinski definition) is 1. The normalized spacial score (nSPS) is 15.3. The lowest BCUT2D eigenvalue weighted by molar-refractivity contribution is -0.126. The first-order valence-corrected chi connectivity index (χ1v) is 8.03. The molecule has 1 aliphatic carbocycles. The van der Waals surface area contributed by atoms with Crippen LogP contribution in [0.1, 0.15) is 30.0 Å². The van der Waals surface area contributed by atoms with Crippen molar-refractivity contribution in [2.24, 2.45) is 0 Å². The van der Waals surface area contributed by atoms with Gasteiger partial charge in [0.1, 0.15) is 17.7 Å². The van der Waals surface area contributed by atoms with Gasteiger partial charge in [-0.15, -0.1) is 0 Å². The molecule has 0 saturated heterocycles. The molecule has 5 heteroatoms. The molecule has 0 bridgehead atoms. The van der Waals surface area contributed by atoms with Gasteiger partial charge in [-0.2, -0.15) is 0 Å². The van der Waals surface area contributed by atoms with E-state index in [1.165, 1.54) is 24.3 Å². The van der Waals surface area contributed by atoms with Crippen molar-refractivity contribution in [1.82, 2.24) is 10.2 Å². The number of nitrogens with one attached hydrogen (secondary N) is 1. The smallest absolute Gasteiger partial charge is 0.242 e. The zero-order valence-electron chi connectivity index (χ0n) is 13.5. The molecule has 126 valence electrons. The van der Waals surface area contributed by atoms with E-state index in [0.29, 0.717) is 12.1 Å².